The number of nitrogens with zero attached hydrogens (tertiary/aromatic N) is 1. The third-order valence-corrected chi connectivity index (χ3v) is 3.18. The van der Waals surface area contributed by atoms with E-state index in [2.05, 4.69) is 0 Å². The van der Waals surface area contributed by atoms with Crippen LogP contribution in [0.2, 0.25) is 0 Å². The minimum absolute atomic E-state index is 0.119. The number of hydrogen-bond donors (Lipinski definition) is 1. The Kier molecular flexibility index (Phi) is 2.77. The van der Waals surface area contributed by atoms with E-state index in [1.807, 2.05) is 0 Å². The summed E-state index contributed by atoms with van der Waals surface area (Å²) >= 11 is 0. The van der Waals surface area contributed by atoms with Crippen molar-refractivity contribution in [1.82, 2.24) is 0 Å². The van der Waals surface area contributed by atoms with Crippen LogP contribution in [0.25, 0.3) is 0 Å². The van der Waals surface area contributed by atoms with E-state index in [1.54, 1.807) is 32.0 Å². The summed E-state index contributed by atoms with van der Waals surface area (Å²) in [5, 5.41) is 0. The number of carbonyl (C=O) groups excluding carboxylic acids is 2. The molecular formula is C13H16N2O3. The monoisotopic (exact) mass is 248 g/mol. The van der Waals surface area contributed by atoms with E-state index in [4.69, 9.17) is 10.5 Å². The summed E-state index contributed by atoms with van der Waals surface area (Å²) in [6.07, 6.45) is 0.265. The van der Waals surface area contributed by atoms with Crippen molar-refractivity contribution in [2.24, 2.45) is 0 Å². The average Bonchev–Trinajstić information content (AvgIpc) is 2.63. The molecule has 0 saturated heterocycles. The zero-order chi connectivity index (χ0) is 13.5. The molecule has 0 bridgehead atoms. The normalized spacial score (nSPS) is 14.6. The van der Waals surface area contributed by atoms with Gasteiger partial charge in [-0.3, -0.25) is 9.69 Å². The number of esters is 1. The van der Waals surface area contributed by atoms with Crippen LogP contribution in [0, 0.1) is 0 Å². The van der Waals surface area contributed by atoms with Gasteiger partial charge in [-0.05, 0) is 37.6 Å². The van der Waals surface area contributed by atoms with Gasteiger partial charge in [-0.2, -0.15) is 0 Å². The van der Waals surface area contributed by atoms with E-state index < -0.39 is 11.5 Å². The minimum Gasteiger partial charge on any atom is -0.467 e. The number of hydrogen-bond acceptors (Lipinski definition) is 4. The van der Waals surface area contributed by atoms with Gasteiger partial charge in [-0.1, -0.05) is 0 Å². The Balaban J connectivity index is 2.48. The first kappa shape index (κ1) is 12.4. The standard InChI is InChI=1S/C13H16N2O3/c1-13(2,12(17)18-3)15-10-5-4-9(14)6-8(10)7-11(15)16/h4-6H,7,14H2,1-3H3. The highest BCUT2D eigenvalue weighted by molar-refractivity contribution is 6.07. The number of fused-ring (bicyclic) bond motifs is 1. The van der Waals surface area contributed by atoms with Crippen LogP contribution >= 0.6 is 0 Å². The Hall–Kier alpha value is -2.04. The molecule has 1 aromatic carbocycles. The lowest BCUT2D eigenvalue weighted by atomic mass is 10.0. The maximum Gasteiger partial charge on any atom is 0.331 e. The van der Waals surface area contributed by atoms with Crippen LogP contribution in [-0.2, 0) is 20.7 Å². The van der Waals surface area contributed by atoms with Crippen molar-refractivity contribution in [1.29, 1.82) is 0 Å². The number of methoxy groups -OCH3 is 1. The summed E-state index contributed by atoms with van der Waals surface area (Å²) in [7, 11) is 1.31. The molecule has 2 rings (SSSR count). The molecule has 0 spiro atoms. The van der Waals surface area contributed by atoms with E-state index in [-0.39, 0.29) is 12.3 Å². The zero-order valence-electron chi connectivity index (χ0n) is 10.7. The summed E-state index contributed by atoms with van der Waals surface area (Å²) in [6.45, 7) is 3.34. The Morgan fingerprint density at radius 3 is 2.72 bits per heavy atom. The van der Waals surface area contributed by atoms with Crippen LogP contribution in [0.3, 0.4) is 0 Å². The first-order valence-electron chi connectivity index (χ1n) is 5.68. The van der Waals surface area contributed by atoms with E-state index in [0.29, 0.717) is 5.69 Å². The predicted molar refractivity (Wildman–Crippen MR) is 68.1 cm³/mol. The van der Waals surface area contributed by atoms with Crippen molar-refractivity contribution in [2.75, 3.05) is 17.7 Å². The number of amides is 1. The Bertz CT molecular complexity index is 523. The second kappa shape index (κ2) is 4.01. The van der Waals surface area contributed by atoms with Gasteiger partial charge in [0.05, 0.1) is 13.5 Å². The van der Waals surface area contributed by atoms with Gasteiger partial charge in [0.1, 0.15) is 5.54 Å². The number of nitrogens with two attached hydrogens (primary N) is 1. The predicted octanol–water partition coefficient (Wildman–Crippen LogP) is 1.11. The van der Waals surface area contributed by atoms with Crippen molar-refractivity contribution in [3.05, 3.63) is 23.8 Å². The van der Waals surface area contributed by atoms with Gasteiger partial charge in [-0.15, -0.1) is 0 Å². The third-order valence-electron chi connectivity index (χ3n) is 3.18. The first-order valence-corrected chi connectivity index (χ1v) is 5.68. The van der Waals surface area contributed by atoms with Crippen molar-refractivity contribution in [2.45, 2.75) is 25.8 Å². The Morgan fingerprint density at radius 2 is 2.11 bits per heavy atom. The fraction of sp³-hybridized carbons (Fsp3) is 0.385. The smallest absolute Gasteiger partial charge is 0.331 e. The van der Waals surface area contributed by atoms with E-state index in [9.17, 15) is 9.59 Å². The fourth-order valence-electron chi connectivity index (χ4n) is 2.30. The highest BCUT2D eigenvalue weighted by Crippen LogP contribution is 2.36. The molecule has 1 aromatic rings. The molecule has 5 heteroatoms. The number of anilines is 2. The van der Waals surface area contributed by atoms with Crippen molar-refractivity contribution in [3.63, 3.8) is 0 Å². The van der Waals surface area contributed by atoms with Gasteiger partial charge in [0.2, 0.25) is 5.91 Å². The molecule has 1 heterocycles. The minimum atomic E-state index is -1.02. The first-order chi connectivity index (χ1) is 8.37. The summed E-state index contributed by atoms with van der Waals surface area (Å²) in [6, 6.07) is 5.25. The Morgan fingerprint density at radius 1 is 1.44 bits per heavy atom. The lowest BCUT2D eigenvalue weighted by Crippen LogP contribution is -2.52. The van der Waals surface area contributed by atoms with Gasteiger partial charge in [0.15, 0.2) is 0 Å². The fourth-order valence-corrected chi connectivity index (χ4v) is 2.30. The molecule has 0 aliphatic carbocycles. The molecule has 1 amide bonds. The SMILES string of the molecule is COC(=O)C(C)(C)N1C(=O)Cc2cc(N)ccc21. The lowest BCUT2D eigenvalue weighted by Gasteiger charge is -2.33. The van der Waals surface area contributed by atoms with Gasteiger partial charge < -0.3 is 10.5 Å². The van der Waals surface area contributed by atoms with E-state index in [0.717, 1.165) is 11.3 Å². The molecular weight excluding hydrogens is 232 g/mol. The second-order valence-electron chi connectivity index (χ2n) is 4.84. The van der Waals surface area contributed by atoms with Gasteiger partial charge in [0.25, 0.3) is 0 Å². The number of nitrogen functional groups attached to an aromatic ring is 1. The lowest BCUT2D eigenvalue weighted by molar-refractivity contribution is -0.147. The molecule has 0 unspecified atom stereocenters. The topological polar surface area (TPSA) is 72.6 Å². The maximum atomic E-state index is 12.1. The molecule has 0 radical (unpaired) electrons. The molecule has 1 aliphatic rings. The van der Waals surface area contributed by atoms with Crippen LogP contribution in [-0.4, -0.2) is 24.5 Å². The molecule has 0 aromatic heterocycles. The number of carbonyl (C=O) groups is 2. The summed E-state index contributed by atoms with van der Waals surface area (Å²) in [5.74, 6) is -0.563. The molecule has 96 valence electrons. The summed E-state index contributed by atoms with van der Waals surface area (Å²) in [4.78, 5) is 25.4. The van der Waals surface area contributed by atoms with Crippen molar-refractivity contribution in [3.8, 4) is 0 Å². The highest BCUT2D eigenvalue weighted by atomic mass is 16.5. The average molecular weight is 248 g/mol. The van der Waals surface area contributed by atoms with E-state index >= 15 is 0 Å². The Labute approximate surface area is 106 Å². The molecule has 0 fully saturated rings. The van der Waals surface area contributed by atoms with Gasteiger partial charge in [-0.25, -0.2) is 4.79 Å². The van der Waals surface area contributed by atoms with Crippen molar-refractivity contribution >= 4 is 23.3 Å². The molecule has 5 nitrogen and oxygen atoms in total. The van der Waals surface area contributed by atoms with Gasteiger partial charge in [0, 0.05) is 11.4 Å². The number of ether oxygens (including phenoxy) is 1. The zero-order valence-corrected chi connectivity index (χ0v) is 10.7. The highest BCUT2D eigenvalue weighted by Gasteiger charge is 2.43. The summed E-state index contributed by atoms with van der Waals surface area (Å²) in [5.41, 5.74) is 6.86. The van der Waals surface area contributed by atoms with Gasteiger partial charge >= 0.3 is 5.97 Å². The van der Waals surface area contributed by atoms with Crippen LogP contribution in [0.4, 0.5) is 11.4 Å². The second-order valence-corrected chi connectivity index (χ2v) is 4.84. The molecule has 1 aliphatic heterocycles. The summed E-state index contributed by atoms with van der Waals surface area (Å²) < 4.78 is 4.76. The van der Waals surface area contributed by atoms with E-state index in [1.165, 1.54) is 12.0 Å². The van der Waals surface area contributed by atoms with Crippen LogP contribution in [0.5, 0.6) is 0 Å². The van der Waals surface area contributed by atoms with Crippen LogP contribution < -0.4 is 10.6 Å². The molecule has 18 heavy (non-hydrogen) atoms. The molecule has 2 N–H and O–H groups in total. The quantitative estimate of drug-likeness (QED) is 0.628. The largest absolute Gasteiger partial charge is 0.467 e. The maximum absolute atomic E-state index is 12.1. The van der Waals surface area contributed by atoms with Crippen LogP contribution in [0.1, 0.15) is 19.4 Å². The van der Waals surface area contributed by atoms with Crippen LogP contribution in [0.15, 0.2) is 18.2 Å². The molecule has 0 atom stereocenters. The third kappa shape index (κ3) is 1.72. The number of rotatable bonds is 2. The van der Waals surface area contributed by atoms with Crippen molar-refractivity contribution < 1.29 is 14.3 Å². The molecule has 0 saturated carbocycles. The number of benzene rings is 1.